The second-order valence-corrected chi connectivity index (χ2v) is 7.45. The molecule has 2 aromatic rings. The summed E-state index contributed by atoms with van der Waals surface area (Å²) in [4.78, 5) is 13.2. The van der Waals surface area contributed by atoms with Crippen molar-refractivity contribution in [1.82, 2.24) is 5.32 Å². The number of Topliss-reactive ketones (excluding diaryl/α,β-unsaturated/α-hetero) is 1. The molecule has 2 aliphatic rings. The van der Waals surface area contributed by atoms with Crippen molar-refractivity contribution in [3.63, 3.8) is 0 Å². The fourth-order valence-corrected chi connectivity index (χ4v) is 4.29. The standard InChI is InChI=1S/C24H21FN2O2/c1-14-20(13-26)23(16-3-7-18(25)8-4-16)24-21(27-14)11-17(12-22(24)28)15-5-9-19(29-2)10-6-15/h3-10,17,23,27H,11-12H2,1-2H3/t17-,23-/m1/s1. The summed E-state index contributed by atoms with van der Waals surface area (Å²) in [5.41, 5.74) is 4.57. The molecule has 1 N–H and O–H groups in total. The molecule has 0 aromatic heterocycles. The van der Waals surface area contributed by atoms with Gasteiger partial charge < -0.3 is 10.1 Å². The molecule has 1 aliphatic carbocycles. The van der Waals surface area contributed by atoms with Gasteiger partial charge in [0.1, 0.15) is 11.6 Å². The van der Waals surface area contributed by atoms with Gasteiger partial charge in [0, 0.05) is 23.4 Å². The third-order valence-corrected chi connectivity index (χ3v) is 5.74. The second kappa shape index (κ2) is 7.56. The molecule has 0 fully saturated rings. The first-order valence-electron chi connectivity index (χ1n) is 9.55. The number of allylic oxidation sites excluding steroid dienone is 4. The minimum atomic E-state index is -0.457. The highest BCUT2D eigenvalue weighted by atomic mass is 19.1. The number of carbonyl (C=O) groups is 1. The van der Waals surface area contributed by atoms with Crippen molar-refractivity contribution >= 4 is 5.78 Å². The molecule has 146 valence electrons. The van der Waals surface area contributed by atoms with Crippen molar-refractivity contribution in [2.24, 2.45) is 0 Å². The van der Waals surface area contributed by atoms with E-state index in [1.54, 1.807) is 19.2 Å². The minimum Gasteiger partial charge on any atom is -0.497 e. The smallest absolute Gasteiger partial charge is 0.162 e. The van der Waals surface area contributed by atoms with Crippen LogP contribution in [0.2, 0.25) is 0 Å². The summed E-state index contributed by atoms with van der Waals surface area (Å²) in [5.74, 6) is 0.0614. The lowest BCUT2D eigenvalue weighted by Gasteiger charge is -2.35. The summed E-state index contributed by atoms with van der Waals surface area (Å²) in [5, 5.41) is 13.0. The zero-order valence-electron chi connectivity index (χ0n) is 16.3. The van der Waals surface area contributed by atoms with Crippen LogP contribution in [-0.2, 0) is 4.79 Å². The van der Waals surface area contributed by atoms with Crippen molar-refractivity contribution < 1.29 is 13.9 Å². The molecule has 0 amide bonds. The predicted molar refractivity (Wildman–Crippen MR) is 108 cm³/mol. The number of carbonyl (C=O) groups excluding carboxylic acids is 1. The Balaban J connectivity index is 1.74. The number of hydrogen-bond donors (Lipinski definition) is 1. The molecule has 4 nitrogen and oxygen atoms in total. The van der Waals surface area contributed by atoms with Crippen LogP contribution >= 0.6 is 0 Å². The van der Waals surface area contributed by atoms with Crippen LogP contribution in [0.3, 0.4) is 0 Å². The number of halogens is 1. The van der Waals surface area contributed by atoms with E-state index in [4.69, 9.17) is 4.74 Å². The molecule has 5 heteroatoms. The Kier molecular flexibility index (Phi) is 4.94. The maximum atomic E-state index is 13.4. The Morgan fingerprint density at radius 1 is 1.07 bits per heavy atom. The van der Waals surface area contributed by atoms with Crippen molar-refractivity contribution in [2.45, 2.75) is 31.6 Å². The lowest BCUT2D eigenvalue weighted by atomic mass is 9.72. The third-order valence-electron chi connectivity index (χ3n) is 5.74. The average molecular weight is 388 g/mol. The number of rotatable bonds is 3. The Morgan fingerprint density at radius 3 is 2.34 bits per heavy atom. The van der Waals surface area contributed by atoms with Gasteiger partial charge in [0.2, 0.25) is 0 Å². The number of methoxy groups -OCH3 is 1. The van der Waals surface area contributed by atoms with Gasteiger partial charge in [-0.3, -0.25) is 4.79 Å². The van der Waals surface area contributed by atoms with Gasteiger partial charge in [0.15, 0.2) is 5.78 Å². The molecule has 2 aromatic carbocycles. The van der Waals surface area contributed by atoms with Gasteiger partial charge in [-0.05, 0) is 54.7 Å². The fourth-order valence-electron chi connectivity index (χ4n) is 4.29. The Bertz CT molecular complexity index is 1060. The Hall–Kier alpha value is -3.39. The number of ketones is 1. The summed E-state index contributed by atoms with van der Waals surface area (Å²) in [6.45, 7) is 1.85. The van der Waals surface area contributed by atoms with Crippen LogP contribution in [0.15, 0.2) is 71.1 Å². The summed E-state index contributed by atoms with van der Waals surface area (Å²) < 4.78 is 18.7. The van der Waals surface area contributed by atoms with Crippen molar-refractivity contribution in [3.05, 3.63) is 88.0 Å². The van der Waals surface area contributed by atoms with Crippen LogP contribution in [0.4, 0.5) is 4.39 Å². The van der Waals surface area contributed by atoms with Crippen LogP contribution in [0.1, 0.15) is 42.7 Å². The summed E-state index contributed by atoms with van der Waals surface area (Å²) in [6, 6.07) is 16.1. The topological polar surface area (TPSA) is 62.1 Å². The van der Waals surface area contributed by atoms with E-state index in [0.29, 0.717) is 24.0 Å². The molecule has 0 bridgehead atoms. The number of hydrogen-bond acceptors (Lipinski definition) is 4. The van der Waals surface area contributed by atoms with Crippen molar-refractivity contribution in [3.8, 4) is 11.8 Å². The third kappa shape index (κ3) is 3.42. The molecule has 2 atom stereocenters. The number of nitriles is 1. The number of nitrogens with zero attached hydrogens (tertiary/aromatic N) is 1. The predicted octanol–water partition coefficient (Wildman–Crippen LogP) is 4.72. The molecule has 0 saturated carbocycles. The molecule has 4 rings (SSSR count). The van der Waals surface area contributed by atoms with Crippen molar-refractivity contribution in [2.75, 3.05) is 7.11 Å². The first kappa shape index (κ1) is 18.9. The van der Waals surface area contributed by atoms with Gasteiger partial charge in [0.25, 0.3) is 0 Å². The van der Waals surface area contributed by atoms with Gasteiger partial charge in [-0.2, -0.15) is 5.26 Å². The van der Waals surface area contributed by atoms with E-state index in [2.05, 4.69) is 11.4 Å². The zero-order valence-corrected chi connectivity index (χ0v) is 16.3. The van der Waals surface area contributed by atoms with Gasteiger partial charge in [-0.1, -0.05) is 24.3 Å². The largest absolute Gasteiger partial charge is 0.497 e. The van der Waals surface area contributed by atoms with Gasteiger partial charge in [0.05, 0.1) is 24.7 Å². The molecular weight excluding hydrogens is 367 g/mol. The van der Waals surface area contributed by atoms with Crippen LogP contribution in [-0.4, -0.2) is 12.9 Å². The zero-order chi connectivity index (χ0) is 20.5. The highest BCUT2D eigenvalue weighted by Crippen LogP contribution is 2.45. The quantitative estimate of drug-likeness (QED) is 0.826. The number of nitrogens with one attached hydrogen (secondary N) is 1. The maximum absolute atomic E-state index is 13.4. The van der Waals surface area contributed by atoms with Crippen LogP contribution in [0, 0.1) is 17.1 Å². The number of benzene rings is 2. The first-order chi connectivity index (χ1) is 14.0. The number of dihydropyridines is 1. The monoisotopic (exact) mass is 388 g/mol. The Morgan fingerprint density at radius 2 is 1.72 bits per heavy atom. The van der Waals surface area contributed by atoms with E-state index < -0.39 is 5.92 Å². The van der Waals surface area contributed by atoms with E-state index in [1.807, 2.05) is 31.2 Å². The van der Waals surface area contributed by atoms with E-state index >= 15 is 0 Å². The molecule has 1 heterocycles. The first-order valence-corrected chi connectivity index (χ1v) is 9.55. The molecule has 0 radical (unpaired) electrons. The van der Waals surface area contributed by atoms with Crippen LogP contribution < -0.4 is 10.1 Å². The van der Waals surface area contributed by atoms with Crippen molar-refractivity contribution in [1.29, 1.82) is 5.26 Å². The normalized spacial score (nSPS) is 21.4. The van der Waals surface area contributed by atoms with E-state index in [-0.39, 0.29) is 17.5 Å². The average Bonchev–Trinajstić information content (AvgIpc) is 2.73. The lowest BCUT2D eigenvalue weighted by Crippen LogP contribution is -2.33. The summed E-state index contributed by atoms with van der Waals surface area (Å²) >= 11 is 0. The van der Waals surface area contributed by atoms with E-state index in [0.717, 1.165) is 28.3 Å². The second-order valence-electron chi connectivity index (χ2n) is 7.45. The molecule has 0 spiro atoms. The molecule has 0 saturated heterocycles. The molecular formula is C24H21FN2O2. The SMILES string of the molecule is COc1ccc([C@H]2CC(=O)C3=C(C2)NC(C)=C(C#N)[C@H]3c2ccc(F)cc2)cc1. The highest BCUT2D eigenvalue weighted by molar-refractivity contribution is 6.00. The van der Waals surface area contributed by atoms with Gasteiger partial charge in [-0.15, -0.1) is 0 Å². The summed E-state index contributed by atoms with van der Waals surface area (Å²) in [6.07, 6.45) is 1.06. The Labute approximate surface area is 169 Å². The molecule has 0 unspecified atom stereocenters. The molecule has 29 heavy (non-hydrogen) atoms. The highest BCUT2D eigenvalue weighted by Gasteiger charge is 2.38. The van der Waals surface area contributed by atoms with Gasteiger partial charge in [-0.25, -0.2) is 4.39 Å². The summed E-state index contributed by atoms with van der Waals surface area (Å²) in [7, 11) is 1.62. The lowest BCUT2D eigenvalue weighted by molar-refractivity contribution is -0.116. The van der Waals surface area contributed by atoms with E-state index in [9.17, 15) is 14.4 Å². The van der Waals surface area contributed by atoms with Crippen LogP contribution in [0.25, 0.3) is 0 Å². The fraction of sp³-hybridized carbons (Fsp3) is 0.250. The minimum absolute atomic E-state index is 0.0224. The number of ether oxygens (including phenoxy) is 1. The van der Waals surface area contributed by atoms with Gasteiger partial charge >= 0.3 is 0 Å². The van der Waals surface area contributed by atoms with Crippen LogP contribution in [0.5, 0.6) is 5.75 Å². The molecule has 1 aliphatic heterocycles. The van der Waals surface area contributed by atoms with E-state index in [1.165, 1.54) is 12.1 Å². The maximum Gasteiger partial charge on any atom is 0.162 e.